The number of hydrogen-bond donors (Lipinski definition) is 0. The number of carbonyl (C=O) groups excluding carboxylic acids is 2. The first-order chi connectivity index (χ1) is 19.5. The molecule has 2 unspecified atom stereocenters. The molecule has 4 aromatic rings. The Kier molecular flexibility index (Phi) is 7.26. The summed E-state index contributed by atoms with van der Waals surface area (Å²) in [6.07, 6.45) is 2.08. The highest BCUT2D eigenvalue weighted by Gasteiger charge is 2.46. The molecule has 0 radical (unpaired) electrons. The van der Waals surface area contributed by atoms with Crippen molar-refractivity contribution in [2.75, 3.05) is 51.3 Å². The van der Waals surface area contributed by atoms with Crippen molar-refractivity contribution in [3.63, 3.8) is 0 Å². The van der Waals surface area contributed by atoms with Gasteiger partial charge in [0.1, 0.15) is 0 Å². The predicted octanol–water partition coefficient (Wildman–Crippen LogP) is 5.11. The smallest absolute Gasteiger partial charge is 0.254 e. The van der Waals surface area contributed by atoms with Crippen molar-refractivity contribution in [1.82, 2.24) is 14.4 Å². The number of ether oxygens (including phenoxy) is 1. The number of carbonyl (C=O) groups is 2. The number of halogens is 1. The number of aryl methyl sites for hydroxylation is 1. The lowest BCUT2D eigenvalue weighted by Gasteiger charge is -2.44. The van der Waals surface area contributed by atoms with Crippen LogP contribution in [0.5, 0.6) is 0 Å². The van der Waals surface area contributed by atoms with E-state index in [9.17, 15) is 9.59 Å². The van der Waals surface area contributed by atoms with Gasteiger partial charge in [-0.1, -0.05) is 48.0 Å². The first-order valence-electron chi connectivity index (χ1n) is 13.7. The van der Waals surface area contributed by atoms with Gasteiger partial charge in [-0.25, -0.2) is 0 Å². The number of fused-ring (bicyclic) bond motifs is 2. The van der Waals surface area contributed by atoms with Crippen LogP contribution >= 0.6 is 11.6 Å². The Bertz CT molecular complexity index is 1540. The van der Waals surface area contributed by atoms with Crippen LogP contribution in [0.1, 0.15) is 33.4 Å². The van der Waals surface area contributed by atoms with Gasteiger partial charge in [-0.2, -0.15) is 0 Å². The Morgan fingerprint density at radius 3 is 2.38 bits per heavy atom. The highest BCUT2D eigenvalue weighted by atomic mass is 35.5. The lowest BCUT2D eigenvalue weighted by molar-refractivity contribution is -0.135. The molecule has 1 saturated heterocycles. The van der Waals surface area contributed by atoms with E-state index in [1.54, 1.807) is 7.11 Å². The third-order valence-electron chi connectivity index (χ3n) is 8.27. The van der Waals surface area contributed by atoms with Crippen molar-refractivity contribution in [2.45, 2.75) is 12.0 Å². The molecule has 0 aliphatic carbocycles. The molecule has 206 valence electrons. The molecule has 0 saturated carbocycles. The Hall–Kier alpha value is -3.81. The molecule has 40 heavy (non-hydrogen) atoms. The van der Waals surface area contributed by atoms with E-state index in [0.717, 1.165) is 40.8 Å². The predicted molar refractivity (Wildman–Crippen MR) is 158 cm³/mol. The molecule has 2 aliphatic rings. The topological polar surface area (TPSA) is 58.0 Å². The summed E-state index contributed by atoms with van der Waals surface area (Å²) in [4.78, 5) is 34.6. The Balaban J connectivity index is 1.40. The largest absolute Gasteiger partial charge is 0.383 e. The number of rotatable bonds is 6. The van der Waals surface area contributed by atoms with Gasteiger partial charge in [-0.05, 0) is 42.0 Å². The number of anilines is 1. The third kappa shape index (κ3) is 4.63. The molecule has 0 bridgehead atoms. The molecule has 2 atom stereocenters. The van der Waals surface area contributed by atoms with Gasteiger partial charge in [0.25, 0.3) is 5.91 Å². The molecule has 3 heterocycles. The van der Waals surface area contributed by atoms with Gasteiger partial charge in [0.05, 0.1) is 18.6 Å². The maximum absolute atomic E-state index is 14.6. The number of amides is 2. The van der Waals surface area contributed by atoms with Gasteiger partial charge in [-0.15, -0.1) is 0 Å². The molecule has 7 nitrogen and oxygen atoms in total. The first kappa shape index (κ1) is 26.4. The fourth-order valence-electron chi connectivity index (χ4n) is 6.28. The normalized spacial score (nSPS) is 19.3. The summed E-state index contributed by atoms with van der Waals surface area (Å²) < 4.78 is 7.50. The Morgan fingerprint density at radius 1 is 0.925 bits per heavy atom. The molecule has 0 N–H and O–H groups in total. The standard InChI is InChI=1S/C32H33ClN4O3/c1-34-21-27(24-7-5-6-10-28(24)34)30-29(25-8-3-4-9-26(25)31(38)37(30)19-20-40-2)32(39)36-17-15-35(16-18-36)23-13-11-22(33)12-14-23/h3-14,21,29-30H,15-20H2,1-2H3. The van der Waals surface area contributed by atoms with E-state index in [1.165, 1.54) is 0 Å². The molecule has 2 aliphatic heterocycles. The summed E-state index contributed by atoms with van der Waals surface area (Å²) in [5, 5.41) is 1.76. The maximum Gasteiger partial charge on any atom is 0.254 e. The second-order valence-electron chi connectivity index (χ2n) is 10.5. The number of aromatic nitrogens is 1. The van der Waals surface area contributed by atoms with Crippen LogP contribution in [-0.4, -0.2) is 72.6 Å². The van der Waals surface area contributed by atoms with Gasteiger partial charge in [-0.3, -0.25) is 9.59 Å². The minimum Gasteiger partial charge on any atom is -0.383 e. The first-order valence-corrected chi connectivity index (χ1v) is 14.1. The van der Waals surface area contributed by atoms with Crippen molar-refractivity contribution >= 4 is 40.0 Å². The number of para-hydroxylation sites is 1. The van der Waals surface area contributed by atoms with E-state index in [0.29, 0.717) is 36.8 Å². The molecule has 1 fully saturated rings. The second-order valence-corrected chi connectivity index (χ2v) is 10.9. The van der Waals surface area contributed by atoms with Crippen LogP contribution in [0.25, 0.3) is 10.9 Å². The lowest BCUT2D eigenvalue weighted by atomic mass is 9.78. The van der Waals surface area contributed by atoms with Crippen LogP contribution in [-0.2, 0) is 16.6 Å². The highest BCUT2D eigenvalue weighted by molar-refractivity contribution is 6.30. The van der Waals surface area contributed by atoms with Gasteiger partial charge < -0.3 is 24.0 Å². The highest BCUT2D eigenvalue weighted by Crippen LogP contribution is 2.46. The van der Waals surface area contributed by atoms with Crippen LogP contribution in [0, 0.1) is 0 Å². The van der Waals surface area contributed by atoms with E-state index in [4.69, 9.17) is 16.3 Å². The van der Waals surface area contributed by atoms with Crippen molar-refractivity contribution in [1.29, 1.82) is 0 Å². The average molecular weight is 557 g/mol. The molecule has 1 aromatic heterocycles. The maximum atomic E-state index is 14.6. The monoisotopic (exact) mass is 556 g/mol. The van der Waals surface area contributed by atoms with Crippen LogP contribution in [0.4, 0.5) is 5.69 Å². The molecular weight excluding hydrogens is 524 g/mol. The summed E-state index contributed by atoms with van der Waals surface area (Å²) in [6, 6.07) is 23.1. The van der Waals surface area contributed by atoms with E-state index in [-0.39, 0.29) is 11.8 Å². The summed E-state index contributed by atoms with van der Waals surface area (Å²) >= 11 is 6.09. The number of methoxy groups -OCH3 is 1. The summed E-state index contributed by atoms with van der Waals surface area (Å²) in [5.74, 6) is -0.545. The van der Waals surface area contributed by atoms with Gasteiger partial charge in [0.15, 0.2) is 0 Å². The molecular formula is C32H33ClN4O3. The number of benzene rings is 3. The van der Waals surface area contributed by atoms with Crippen LogP contribution in [0.2, 0.25) is 5.02 Å². The minimum absolute atomic E-state index is 0.0519. The van der Waals surface area contributed by atoms with E-state index >= 15 is 0 Å². The van der Waals surface area contributed by atoms with Crippen molar-refractivity contribution in [3.8, 4) is 0 Å². The third-order valence-corrected chi connectivity index (χ3v) is 8.52. The molecule has 2 amide bonds. The zero-order valence-corrected chi connectivity index (χ0v) is 23.6. The minimum atomic E-state index is -0.529. The molecule has 3 aromatic carbocycles. The lowest BCUT2D eigenvalue weighted by Crippen LogP contribution is -2.53. The second kappa shape index (κ2) is 11.0. The summed E-state index contributed by atoms with van der Waals surface area (Å²) in [5.41, 5.74) is 4.54. The fourth-order valence-corrected chi connectivity index (χ4v) is 6.41. The molecule has 0 spiro atoms. The summed E-state index contributed by atoms with van der Waals surface area (Å²) in [6.45, 7) is 3.45. The zero-order valence-electron chi connectivity index (χ0n) is 22.8. The van der Waals surface area contributed by atoms with E-state index in [2.05, 4.69) is 27.8 Å². The number of nitrogens with zero attached hydrogens (tertiary/aromatic N) is 4. The van der Waals surface area contributed by atoms with Crippen LogP contribution in [0.3, 0.4) is 0 Å². The number of piperazine rings is 1. The van der Waals surface area contributed by atoms with Crippen LogP contribution in [0.15, 0.2) is 79.0 Å². The van der Waals surface area contributed by atoms with E-state index < -0.39 is 12.0 Å². The molecule has 6 rings (SSSR count). The van der Waals surface area contributed by atoms with Crippen molar-refractivity contribution < 1.29 is 14.3 Å². The molecule has 8 heteroatoms. The fraction of sp³-hybridized carbons (Fsp3) is 0.312. The Labute approximate surface area is 239 Å². The average Bonchev–Trinajstić information content (AvgIpc) is 3.32. The zero-order chi connectivity index (χ0) is 27.8. The number of hydrogen-bond acceptors (Lipinski definition) is 4. The van der Waals surface area contributed by atoms with Gasteiger partial charge in [0.2, 0.25) is 5.91 Å². The van der Waals surface area contributed by atoms with E-state index in [1.807, 2.05) is 77.5 Å². The van der Waals surface area contributed by atoms with Crippen LogP contribution < -0.4 is 4.90 Å². The van der Waals surface area contributed by atoms with Crippen molar-refractivity contribution in [3.05, 3.63) is 101 Å². The van der Waals surface area contributed by atoms with Gasteiger partial charge in [0, 0.05) is 85.8 Å². The SMILES string of the molecule is COCCN1C(=O)c2ccccc2C(C(=O)N2CCN(c3ccc(Cl)cc3)CC2)C1c1cn(C)c2ccccc12. The Morgan fingerprint density at radius 2 is 1.62 bits per heavy atom. The van der Waals surface area contributed by atoms with Gasteiger partial charge >= 0.3 is 0 Å². The quantitative estimate of drug-likeness (QED) is 0.331. The van der Waals surface area contributed by atoms with Crippen molar-refractivity contribution in [2.24, 2.45) is 7.05 Å². The summed E-state index contributed by atoms with van der Waals surface area (Å²) in [7, 11) is 3.65.